The van der Waals surface area contributed by atoms with Gasteiger partial charge in [0.2, 0.25) is 0 Å². The average molecular weight is 286 g/mol. The molecule has 0 spiro atoms. The fraction of sp³-hybridized carbons (Fsp3) is 0.600. The van der Waals surface area contributed by atoms with Gasteiger partial charge in [-0.05, 0) is 42.7 Å². The van der Waals surface area contributed by atoms with E-state index in [0.717, 1.165) is 17.9 Å². The highest BCUT2D eigenvalue weighted by Crippen LogP contribution is 2.36. The van der Waals surface area contributed by atoms with E-state index < -0.39 is 0 Å². The molecule has 1 fully saturated rings. The monoisotopic (exact) mass is 285 g/mol. The van der Waals surface area contributed by atoms with Gasteiger partial charge in [0.1, 0.15) is 0 Å². The van der Waals surface area contributed by atoms with Crippen LogP contribution in [0.5, 0.6) is 0 Å². The van der Waals surface area contributed by atoms with Crippen LogP contribution in [0.2, 0.25) is 10.0 Å². The van der Waals surface area contributed by atoms with Crippen molar-refractivity contribution in [3.8, 4) is 0 Å². The summed E-state index contributed by atoms with van der Waals surface area (Å²) in [6.07, 6.45) is 5.98. The lowest BCUT2D eigenvalue weighted by Gasteiger charge is -2.20. The summed E-state index contributed by atoms with van der Waals surface area (Å²) in [5.74, 6) is 1.51. The van der Waals surface area contributed by atoms with Crippen molar-refractivity contribution in [3.63, 3.8) is 0 Å². The first-order chi connectivity index (χ1) is 8.61. The van der Waals surface area contributed by atoms with Gasteiger partial charge in [-0.25, -0.2) is 0 Å². The van der Waals surface area contributed by atoms with E-state index in [9.17, 15) is 0 Å². The Labute approximate surface area is 120 Å². The Balaban J connectivity index is 1.99. The van der Waals surface area contributed by atoms with Gasteiger partial charge < -0.3 is 5.73 Å². The maximum Gasteiger partial charge on any atom is 0.0624 e. The van der Waals surface area contributed by atoms with Crippen LogP contribution in [0.25, 0.3) is 0 Å². The van der Waals surface area contributed by atoms with Crippen LogP contribution < -0.4 is 5.73 Å². The first-order valence-electron chi connectivity index (χ1n) is 6.80. The largest absolute Gasteiger partial charge is 0.327 e. The van der Waals surface area contributed by atoms with Crippen LogP contribution >= 0.6 is 23.2 Å². The molecule has 0 heterocycles. The first-order valence-corrected chi connectivity index (χ1v) is 7.55. The summed E-state index contributed by atoms with van der Waals surface area (Å²) in [6.45, 7) is 2.27. The van der Waals surface area contributed by atoms with E-state index in [0.29, 0.717) is 16.0 Å². The maximum absolute atomic E-state index is 6.35. The summed E-state index contributed by atoms with van der Waals surface area (Å²) < 4.78 is 0. The molecule has 0 radical (unpaired) electrons. The molecule has 3 heteroatoms. The van der Waals surface area contributed by atoms with E-state index in [1.807, 2.05) is 18.2 Å². The van der Waals surface area contributed by atoms with Crippen molar-refractivity contribution >= 4 is 23.2 Å². The summed E-state index contributed by atoms with van der Waals surface area (Å²) >= 11 is 12.2. The lowest BCUT2D eigenvalue weighted by Crippen LogP contribution is -2.31. The summed E-state index contributed by atoms with van der Waals surface area (Å²) in [7, 11) is 0. The molecule has 0 amide bonds. The number of rotatable bonds is 4. The standard InChI is InChI=1S/C15H21Cl2N/c1-2-10-6-7-11(8-10)14(18)9-12-4-3-5-13(16)15(12)17/h3-5,10-11,14H,2,6-9,18H2,1H3. The summed E-state index contributed by atoms with van der Waals surface area (Å²) in [6, 6.07) is 6.00. The molecule has 0 aliphatic heterocycles. The minimum absolute atomic E-state index is 0.206. The molecule has 1 aromatic carbocycles. The van der Waals surface area contributed by atoms with Crippen molar-refractivity contribution in [1.29, 1.82) is 0 Å². The van der Waals surface area contributed by atoms with E-state index in [1.54, 1.807) is 0 Å². The summed E-state index contributed by atoms with van der Waals surface area (Å²) in [4.78, 5) is 0. The number of halogens is 2. The van der Waals surface area contributed by atoms with E-state index >= 15 is 0 Å². The quantitative estimate of drug-likeness (QED) is 0.853. The van der Waals surface area contributed by atoms with Gasteiger partial charge in [-0.1, -0.05) is 55.1 Å². The predicted octanol–water partition coefficient (Wildman–Crippen LogP) is 4.69. The van der Waals surface area contributed by atoms with E-state index in [2.05, 4.69) is 6.92 Å². The molecule has 1 saturated carbocycles. The molecule has 3 unspecified atom stereocenters. The first kappa shape index (κ1) is 14.2. The van der Waals surface area contributed by atoms with Crippen LogP contribution in [0.4, 0.5) is 0 Å². The molecule has 1 aliphatic carbocycles. The molecule has 100 valence electrons. The van der Waals surface area contributed by atoms with Crippen molar-refractivity contribution in [1.82, 2.24) is 0 Å². The highest BCUT2D eigenvalue weighted by Gasteiger charge is 2.28. The SMILES string of the molecule is CCC1CCC(C(N)Cc2cccc(Cl)c2Cl)C1. The second kappa shape index (κ2) is 6.27. The lowest BCUT2D eigenvalue weighted by atomic mass is 9.91. The van der Waals surface area contributed by atoms with Gasteiger partial charge in [-0.2, -0.15) is 0 Å². The topological polar surface area (TPSA) is 26.0 Å². The van der Waals surface area contributed by atoms with Gasteiger partial charge in [0.25, 0.3) is 0 Å². The number of hydrogen-bond donors (Lipinski definition) is 1. The zero-order valence-corrected chi connectivity index (χ0v) is 12.3. The van der Waals surface area contributed by atoms with E-state index in [4.69, 9.17) is 28.9 Å². The molecular weight excluding hydrogens is 265 g/mol. The minimum Gasteiger partial charge on any atom is -0.327 e. The molecule has 1 aliphatic rings. The number of hydrogen-bond acceptors (Lipinski definition) is 1. The zero-order chi connectivity index (χ0) is 13.1. The molecule has 2 rings (SSSR count). The van der Waals surface area contributed by atoms with Gasteiger partial charge in [0, 0.05) is 6.04 Å². The van der Waals surface area contributed by atoms with E-state index in [1.165, 1.54) is 25.7 Å². The highest BCUT2D eigenvalue weighted by atomic mass is 35.5. The van der Waals surface area contributed by atoms with Gasteiger partial charge >= 0.3 is 0 Å². The molecule has 0 bridgehead atoms. The Hall–Kier alpha value is -0.240. The normalized spacial score (nSPS) is 25.3. The summed E-state index contributed by atoms with van der Waals surface area (Å²) in [5, 5.41) is 1.29. The third kappa shape index (κ3) is 3.20. The Morgan fingerprint density at radius 2 is 2.11 bits per heavy atom. The Bertz CT molecular complexity index is 405. The second-order valence-electron chi connectivity index (χ2n) is 5.43. The fourth-order valence-electron chi connectivity index (χ4n) is 3.00. The van der Waals surface area contributed by atoms with Gasteiger partial charge in [0.05, 0.1) is 10.0 Å². The fourth-order valence-corrected chi connectivity index (χ4v) is 3.40. The van der Waals surface area contributed by atoms with Gasteiger partial charge in [-0.3, -0.25) is 0 Å². The smallest absolute Gasteiger partial charge is 0.0624 e. The molecule has 1 aromatic rings. The molecular formula is C15H21Cl2N. The van der Waals surface area contributed by atoms with Crippen LogP contribution in [0.15, 0.2) is 18.2 Å². The van der Waals surface area contributed by atoms with Crippen LogP contribution in [-0.4, -0.2) is 6.04 Å². The molecule has 18 heavy (non-hydrogen) atoms. The lowest BCUT2D eigenvalue weighted by molar-refractivity contribution is 0.405. The Morgan fingerprint density at radius 1 is 1.33 bits per heavy atom. The van der Waals surface area contributed by atoms with Crippen LogP contribution in [0.1, 0.15) is 38.2 Å². The van der Waals surface area contributed by atoms with E-state index in [-0.39, 0.29) is 6.04 Å². The molecule has 0 saturated heterocycles. The summed E-state index contributed by atoms with van der Waals surface area (Å²) in [5.41, 5.74) is 7.43. The number of benzene rings is 1. The van der Waals surface area contributed by atoms with Crippen molar-refractivity contribution < 1.29 is 0 Å². The second-order valence-corrected chi connectivity index (χ2v) is 6.21. The molecule has 1 nitrogen and oxygen atoms in total. The maximum atomic E-state index is 6.35. The molecule has 2 N–H and O–H groups in total. The molecule has 3 atom stereocenters. The number of nitrogens with two attached hydrogens (primary N) is 1. The Morgan fingerprint density at radius 3 is 2.78 bits per heavy atom. The van der Waals surface area contributed by atoms with Gasteiger partial charge in [0.15, 0.2) is 0 Å². The third-order valence-corrected chi connectivity index (χ3v) is 5.11. The van der Waals surface area contributed by atoms with Crippen LogP contribution in [-0.2, 0) is 6.42 Å². The Kier molecular flexibility index (Phi) is 4.94. The zero-order valence-electron chi connectivity index (χ0n) is 10.8. The van der Waals surface area contributed by atoms with Crippen molar-refractivity contribution in [3.05, 3.63) is 33.8 Å². The van der Waals surface area contributed by atoms with Crippen molar-refractivity contribution in [2.24, 2.45) is 17.6 Å². The highest BCUT2D eigenvalue weighted by molar-refractivity contribution is 6.42. The van der Waals surface area contributed by atoms with Crippen molar-refractivity contribution in [2.45, 2.75) is 45.1 Å². The third-order valence-electron chi connectivity index (χ3n) is 4.25. The van der Waals surface area contributed by atoms with Crippen LogP contribution in [0.3, 0.4) is 0 Å². The average Bonchev–Trinajstić information content (AvgIpc) is 2.83. The van der Waals surface area contributed by atoms with Crippen LogP contribution in [0, 0.1) is 11.8 Å². The molecule has 0 aromatic heterocycles. The minimum atomic E-state index is 0.206. The van der Waals surface area contributed by atoms with Crippen molar-refractivity contribution in [2.75, 3.05) is 0 Å². The van der Waals surface area contributed by atoms with Gasteiger partial charge in [-0.15, -0.1) is 0 Å². The predicted molar refractivity (Wildman–Crippen MR) is 79.3 cm³/mol.